The van der Waals surface area contributed by atoms with Crippen molar-refractivity contribution in [3.05, 3.63) is 16.1 Å². The fourth-order valence-electron chi connectivity index (χ4n) is 0.722. The largest absolute Gasteiger partial charge is 0.364 e. The SMILES string of the molecule is CCc1scnc1C(N)=O. The summed E-state index contributed by atoms with van der Waals surface area (Å²) in [5, 5.41) is 0. The van der Waals surface area contributed by atoms with E-state index in [0.29, 0.717) is 5.69 Å². The summed E-state index contributed by atoms with van der Waals surface area (Å²) in [4.78, 5) is 15.4. The highest BCUT2D eigenvalue weighted by molar-refractivity contribution is 7.09. The Kier molecular flexibility index (Phi) is 2.01. The summed E-state index contributed by atoms with van der Waals surface area (Å²) < 4.78 is 0. The number of primary amides is 1. The number of hydrogen-bond acceptors (Lipinski definition) is 3. The van der Waals surface area contributed by atoms with E-state index in [9.17, 15) is 4.79 Å². The van der Waals surface area contributed by atoms with Gasteiger partial charge in [-0.05, 0) is 6.42 Å². The first kappa shape index (κ1) is 7.21. The van der Waals surface area contributed by atoms with Crippen molar-refractivity contribution in [3.63, 3.8) is 0 Å². The minimum absolute atomic E-state index is 0.424. The van der Waals surface area contributed by atoms with Gasteiger partial charge in [-0.2, -0.15) is 0 Å². The molecular formula is C6H8N2OS. The molecule has 1 rings (SSSR count). The first-order valence-electron chi connectivity index (χ1n) is 2.98. The summed E-state index contributed by atoms with van der Waals surface area (Å²) in [6.07, 6.45) is 0.822. The highest BCUT2D eigenvalue weighted by atomic mass is 32.1. The maximum Gasteiger partial charge on any atom is 0.268 e. The van der Waals surface area contributed by atoms with Gasteiger partial charge < -0.3 is 5.73 Å². The van der Waals surface area contributed by atoms with Crippen LogP contribution in [0.5, 0.6) is 0 Å². The number of aromatic nitrogens is 1. The van der Waals surface area contributed by atoms with Crippen LogP contribution in [0, 0.1) is 0 Å². The second-order valence-electron chi connectivity index (χ2n) is 1.84. The van der Waals surface area contributed by atoms with Gasteiger partial charge in [-0.25, -0.2) is 4.98 Å². The zero-order valence-electron chi connectivity index (χ0n) is 5.63. The van der Waals surface area contributed by atoms with Crippen LogP contribution in [-0.2, 0) is 6.42 Å². The maximum atomic E-state index is 10.6. The Labute approximate surface area is 62.9 Å². The summed E-state index contributed by atoms with van der Waals surface area (Å²) in [6.45, 7) is 1.97. The van der Waals surface area contributed by atoms with E-state index in [-0.39, 0.29) is 0 Å². The number of nitrogens with zero attached hydrogens (tertiary/aromatic N) is 1. The van der Waals surface area contributed by atoms with Crippen LogP contribution in [0.25, 0.3) is 0 Å². The highest BCUT2D eigenvalue weighted by Gasteiger charge is 2.08. The first-order chi connectivity index (χ1) is 4.75. The monoisotopic (exact) mass is 156 g/mol. The van der Waals surface area contributed by atoms with Gasteiger partial charge in [0.1, 0.15) is 5.69 Å². The van der Waals surface area contributed by atoms with Crippen molar-refractivity contribution in [1.82, 2.24) is 4.98 Å². The number of carbonyl (C=O) groups excluding carboxylic acids is 1. The topological polar surface area (TPSA) is 56.0 Å². The molecule has 0 saturated heterocycles. The average Bonchev–Trinajstić information content (AvgIpc) is 2.33. The van der Waals surface area contributed by atoms with E-state index in [4.69, 9.17) is 5.73 Å². The Morgan fingerprint density at radius 1 is 1.90 bits per heavy atom. The summed E-state index contributed by atoms with van der Waals surface area (Å²) in [5.74, 6) is -0.432. The lowest BCUT2D eigenvalue weighted by Crippen LogP contribution is -2.13. The lowest BCUT2D eigenvalue weighted by Gasteiger charge is -1.90. The molecule has 10 heavy (non-hydrogen) atoms. The van der Waals surface area contributed by atoms with Crippen LogP contribution in [-0.4, -0.2) is 10.9 Å². The average molecular weight is 156 g/mol. The van der Waals surface area contributed by atoms with Gasteiger partial charge in [0.05, 0.1) is 5.51 Å². The van der Waals surface area contributed by atoms with E-state index in [2.05, 4.69) is 4.98 Å². The number of hydrogen-bond donors (Lipinski definition) is 1. The van der Waals surface area contributed by atoms with Crippen molar-refractivity contribution in [1.29, 1.82) is 0 Å². The molecule has 0 fully saturated rings. The Balaban J connectivity index is 3.01. The number of aryl methyl sites for hydroxylation is 1. The van der Waals surface area contributed by atoms with Crippen LogP contribution < -0.4 is 5.73 Å². The van der Waals surface area contributed by atoms with E-state index in [0.717, 1.165) is 11.3 Å². The van der Waals surface area contributed by atoms with Crippen LogP contribution in [0.4, 0.5) is 0 Å². The van der Waals surface area contributed by atoms with Gasteiger partial charge in [0.25, 0.3) is 5.91 Å². The molecule has 0 aliphatic rings. The molecule has 2 N–H and O–H groups in total. The summed E-state index contributed by atoms with van der Waals surface area (Å²) in [5.41, 5.74) is 7.10. The van der Waals surface area contributed by atoms with Crippen molar-refractivity contribution >= 4 is 17.2 Å². The second-order valence-corrected chi connectivity index (χ2v) is 2.78. The molecule has 1 amide bonds. The highest BCUT2D eigenvalue weighted by Crippen LogP contribution is 2.12. The molecule has 1 aromatic heterocycles. The predicted molar refractivity (Wildman–Crippen MR) is 40.0 cm³/mol. The molecule has 0 atom stereocenters. The molecule has 0 saturated carbocycles. The summed E-state index contributed by atoms with van der Waals surface area (Å²) in [6, 6.07) is 0. The van der Waals surface area contributed by atoms with Gasteiger partial charge in [0.2, 0.25) is 0 Å². The lowest BCUT2D eigenvalue weighted by atomic mass is 10.3. The zero-order valence-corrected chi connectivity index (χ0v) is 6.44. The summed E-state index contributed by atoms with van der Waals surface area (Å²) >= 11 is 1.47. The fraction of sp³-hybridized carbons (Fsp3) is 0.333. The van der Waals surface area contributed by atoms with E-state index >= 15 is 0 Å². The smallest absolute Gasteiger partial charge is 0.268 e. The van der Waals surface area contributed by atoms with Gasteiger partial charge in [-0.15, -0.1) is 11.3 Å². The minimum atomic E-state index is -0.432. The molecule has 0 spiro atoms. The summed E-state index contributed by atoms with van der Waals surface area (Å²) in [7, 11) is 0. The first-order valence-corrected chi connectivity index (χ1v) is 3.85. The Bertz CT molecular complexity index is 244. The van der Waals surface area contributed by atoms with Crippen molar-refractivity contribution < 1.29 is 4.79 Å². The number of nitrogens with two attached hydrogens (primary N) is 1. The van der Waals surface area contributed by atoms with Crippen LogP contribution in [0.1, 0.15) is 22.3 Å². The Hall–Kier alpha value is -0.900. The molecule has 0 radical (unpaired) electrons. The molecular weight excluding hydrogens is 148 g/mol. The molecule has 0 bridgehead atoms. The third-order valence-corrected chi connectivity index (χ3v) is 2.17. The molecule has 1 heterocycles. The number of carbonyl (C=O) groups is 1. The molecule has 3 nitrogen and oxygen atoms in total. The van der Waals surface area contributed by atoms with Crippen molar-refractivity contribution in [2.45, 2.75) is 13.3 Å². The van der Waals surface area contributed by atoms with Crippen molar-refractivity contribution in [2.75, 3.05) is 0 Å². The number of thiazole rings is 1. The van der Waals surface area contributed by atoms with Gasteiger partial charge in [-0.1, -0.05) is 6.92 Å². The molecule has 1 aromatic rings. The predicted octanol–water partition coefficient (Wildman–Crippen LogP) is 0.804. The third kappa shape index (κ3) is 1.16. The van der Waals surface area contributed by atoms with Crippen molar-refractivity contribution in [3.8, 4) is 0 Å². The van der Waals surface area contributed by atoms with E-state index < -0.39 is 5.91 Å². The molecule has 0 aromatic carbocycles. The molecule has 0 aliphatic carbocycles. The zero-order chi connectivity index (χ0) is 7.56. The Morgan fingerprint density at radius 2 is 2.60 bits per heavy atom. The molecule has 0 aliphatic heterocycles. The van der Waals surface area contributed by atoms with Crippen LogP contribution in [0.15, 0.2) is 5.51 Å². The molecule has 0 unspecified atom stereocenters. The van der Waals surface area contributed by atoms with Gasteiger partial charge >= 0.3 is 0 Å². The van der Waals surface area contributed by atoms with Gasteiger partial charge in [-0.3, -0.25) is 4.79 Å². The van der Waals surface area contributed by atoms with Crippen LogP contribution in [0.2, 0.25) is 0 Å². The lowest BCUT2D eigenvalue weighted by molar-refractivity contribution is 0.0995. The van der Waals surface area contributed by atoms with Gasteiger partial charge in [0.15, 0.2) is 0 Å². The quantitative estimate of drug-likeness (QED) is 0.688. The van der Waals surface area contributed by atoms with Crippen LogP contribution in [0.3, 0.4) is 0 Å². The van der Waals surface area contributed by atoms with Gasteiger partial charge in [0, 0.05) is 4.88 Å². The standard InChI is InChI=1S/C6H8N2OS/c1-2-4-5(6(7)9)8-3-10-4/h3H,2H2,1H3,(H2,7,9). The minimum Gasteiger partial charge on any atom is -0.364 e. The number of rotatable bonds is 2. The number of amides is 1. The molecule has 4 heteroatoms. The Morgan fingerprint density at radius 3 is 3.00 bits per heavy atom. The third-order valence-electron chi connectivity index (χ3n) is 1.20. The normalized spacial score (nSPS) is 9.70. The molecule has 54 valence electrons. The second kappa shape index (κ2) is 2.79. The van der Waals surface area contributed by atoms with E-state index in [1.54, 1.807) is 5.51 Å². The van der Waals surface area contributed by atoms with Crippen molar-refractivity contribution in [2.24, 2.45) is 5.73 Å². The van der Waals surface area contributed by atoms with E-state index in [1.807, 2.05) is 6.92 Å². The van der Waals surface area contributed by atoms with E-state index in [1.165, 1.54) is 11.3 Å². The maximum absolute atomic E-state index is 10.6. The van der Waals surface area contributed by atoms with Crippen LogP contribution >= 0.6 is 11.3 Å². The fourth-order valence-corrected chi connectivity index (χ4v) is 1.44.